The van der Waals surface area contributed by atoms with Gasteiger partial charge in [0.2, 0.25) is 5.91 Å². The quantitative estimate of drug-likeness (QED) is 0.631. The molecule has 0 bridgehead atoms. The second-order valence-electron chi connectivity index (χ2n) is 4.97. The van der Waals surface area contributed by atoms with Gasteiger partial charge >= 0.3 is 0 Å². The van der Waals surface area contributed by atoms with Gasteiger partial charge in [-0.25, -0.2) is 0 Å². The van der Waals surface area contributed by atoms with Crippen molar-refractivity contribution in [1.29, 1.82) is 0 Å². The van der Waals surface area contributed by atoms with E-state index in [1.54, 1.807) is 0 Å². The van der Waals surface area contributed by atoms with E-state index in [2.05, 4.69) is 5.32 Å². The van der Waals surface area contributed by atoms with E-state index in [1.807, 2.05) is 27.7 Å². The van der Waals surface area contributed by atoms with Crippen LogP contribution in [-0.2, 0) is 4.79 Å². The normalized spacial score (nSPS) is 15.9. The number of aliphatic hydroxyl groups excluding tert-OH is 1. The van der Waals surface area contributed by atoms with Crippen LogP contribution in [0.25, 0.3) is 0 Å². The van der Waals surface area contributed by atoms with Crippen LogP contribution < -0.4 is 11.1 Å². The van der Waals surface area contributed by atoms with Crippen molar-refractivity contribution >= 4 is 5.91 Å². The zero-order valence-corrected chi connectivity index (χ0v) is 10.2. The molecule has 0 aliphatic carbocycles. The van der Waals surface area contributed by atoms with Gasteiger partial charge in [-0.1, -0.05) is 27.7 Å². The number of rotatable bonds is 5. The van der Waals surface area contributed by atoms with Crippen LogP contribution in [0.1, 0.15) is 40.5 Å². The van der Waals surface area contributed by atoms with Crippen molar-refractivity contribution < 1.29 is 9.90 Å². The molecule has 0 aliphatic rings. The van der Waals surface area contributed by atoms with E-state index in [0.29, 0.717) is 6.42 Å². The summed E-state index contributed by atoms with van der Waals surface area (Å²) in [6.45, 7) is 7.87. The van der Waals surface area contributed by atoms with Gasteiger partial charge in [0.25, 0.3) is 0 Å². The van der Waals surface area contributed by atoms with E-state index in [1.165, 1.54) is 0 Å². The molecule has 2 unspecified atom stereocenters. The Morgan fingerprint density at radius 1 is 1.47 bits per heavy atom. The highest BCUT2D eigenvalue weighted by atomic mass is 16.3. The van der Waals surface area contributed by atoms with Crippen molar-refractivity contribution in [2.75, 3.05) is 6.61 Å². The third-order valence-electron chi connectivity index (χ3n) is 2.53. The Bertz CT molecular complexity index is 199. The summed E-state index contributed by atoms with van der Waals surface area (Å²) < 4.78 is 0. The Balaban J connectivity index is 4.22. The lowest BCUT2D eigenvalue weighted by Gasteiger charge is -2.27. The van der Waals surface area contributed by atoms with Crippen LogP contribution in [0.3, 0.4) is 0 Å². The molecule has 2 atom stereocenters. The molecule has 0 aromatic carbocycles. The molecule has 0 aliphatic heterocycles. The Morgan fingerprint density at radius 2 is 2.00 bits per heavy atom. The first-order chi connectivity index (χ1) is 6.82. The fourth-order valence-electron chi connectivity index (χ4n) is 1.22. The summed E-state index contributed by atoms with van der Waals surface area (Å²) >= 11 is 0. The molecular weight excluding hydrogens is 192 g/mol. The predicted octanol–water partition coefficient (Wildman–Crippen LogP) is 0.637. The van der Waals surface area contributed by atoms with E-state index in [0.717, 1.165) is 6.42 Å². The number of nitrogens with one attached hydrogen (secondary N) is 1. The molecule has 1 amide bonds. The smallest absolute Gasteiger partial charge is 0.237 e. The highest BCUT2D eigenvalue weighted by Gasteiger charge is 2.28. The zero-order chi connectivity index (χ0) is 12.1. The van der Waals surface area contributed by atoms with Gasteiger partial charge < -0.3 is 16.2 Å². The topological polar surface area (TPSA) is 75.3 Å². The van der Waals surface area contributed by atoms with Gasteiger partial charge in [-0.15, -0.1) is 0 Å². The summed E-state index contributed by atoms with van der Waals surface area (Å²) in [6.07, 6.45) is 1.39. The number of carbonyl (C=O) groups is 1. The lowest BCUT2D eigenvalue weighted by atomic mass is 9.86. The minimum Gasteiger partial charge on any atom is -0.396 e. The highest BCUT2D eigenvalue weighted by Crippen LogP contribution is 2.17. The van der Waals surface area contributed by atoms with Crippen LogP contribution in [0.4, 0.5) is 0 Å². The number of nitrogens with two attached hydrogens (primary N) is 1. The first kappa shape index (κ1) is 14.4. The molecule has 4 N–H and O–H groups in total. The van der Waals surface area contributed by atoms with Crippen LogP contribution in [0.15, 0.2) is 0 Å². The number of hydrogen-bond donors (Lipinski definition) is 3. The minimum absolute atomic E-state index is 0.0240. The summed E-state index contributed by atoms with van der Waals surface area (Å²) in [4.78, 5) is 11.7. The summed E-state index contributed by atoms with van der Waals surface area (Å²) in [7, 11) is 0. The largest absolute Gasteiger partial charge is 0.396 e. The van der Waals surface area contributed by atoms with Crippen molar-refractivity contribution in [1.82, 2.24) is 5.32 Å². The molecule has 4 nitrogen and oxygen atoms in total. The lowest BCUT2D eigenvalue weighted by molar-refractivity contribution is -0.125. The van der Waals surface area contributed by atoms with E-state index in [4.69, 9.17) is 10.8 Å². The van der Waals surface area contributed by atoms with Gasteiger partial charge in [0.1, 0.15) is 0 Å². The molecule has 0 aromatic heterocycles. The summed E-state index contributed by atoms with van der Waals surface area (Å²) in [6, 6.07) is -0.485. The summed E-state index contributed by atoms with van der Waals surface area (Å²) in [5.41, 5.74) is 5.58. The average molecular weight is 216 g/mol. The van der Waals surface area contributed by atoms with Gasteiger partial charge in [-0.3, -0.25) is 4.79 Å². The van der Waals surface area contributed by atoms with Gasteiger partial charge in [-0.2, -0.15) is 0 Å². The SMILES string of the molecule is CCC(CCO)NC(=O)C(N)C(C)(C)C. The van der Waals surface area contributed by atoms with Crippen molar-refractivity contribution in [3.63, 3.8) is 0 Å². The summed E-state index contributed by atoms with van der Waals surface area (Å²) in [5, 5.41) is 11.6. The number of carbonyl (C=O) groups excluding carboxylic acids is 1. The average Bonchev–Trinajstić information content (AvgIpc) is 2.14. The van der Waals surface area contributed by atoms with Crippen LogP contribution in [0, 0.1) is 5.41 Å². The standard InChI is InChI=1S/C11H24N2O2/c1-5-8(6-7-14)13-10(15)9(12)11(2,3)4/h8-9,14H,5-7,12H2,1-4H3,(H,13,15). The second kappa shape index (κ2) is 6.08. The zero-order valence-electron chi connectivity index (χ0n) is 10.2. The van der Waals surface area contributed by atoms with Crippen LogP contribution in [-0.4, -0.2) is 29.7 Å². The second-order valence-corrected chi connectivity index (χ2v) is 4.97. The van der Waals surface area contributed by atoms with Crippen molar-refractivity contribution in [2.24, 2.45) is 11.1 Å². The predicted molar refractivity (Wildman–Crippen MR) is 61.4 cm³/mol. The van der Waals surface area contributed by atoms with Gasteiger partial charge in [0.15, 0.2) is 0 Å². The molecule has 0 rings (SSSR count). The lowest BCUT2D eigenvalue weighted by Crippen LogP contribution is -2.51. The van der Waals surface area contributed by atoms with E-state index >= 15 is 0 Å². The molecule has 15 heavy (non-hydrogen) atoms. The Hall–Kier alpha value is -0.610. The van der Waals surface area contributed by atoms with Crippen LogP contribution >= 0.6 is 0 Å². The molecule has 0 aromatic rings. The minimum atomic E-state index is -0.509. The molecule has 0 saturated heterocycles. The first-order valence-electron chi connectivity index (χ1n) is 5.49. The van der Waals surface area contributed by atoms with Crippen molar-refractivity contribution in [3.8, 4) is 0 Å². The number of hydrogen-bond acceptors (Lipinski definition) is 3. The molecule has 4 heteroatoms. The maximum Gasteiger partial charge on any atom is 0.237 e. The van der Waals surface area contributed by atoms with Crippen molar-refractivity contribution in [3.05, 3.63) is 0 Å². The van der Waals surface area contributed by atoms with E-state index in [-0.39, 0.29) is 24.0 Å². The van der Waals surface area contributed by atoms with Gasteiger partial charge in [0.05, 0.1) is 6.04 Å². The maximum atomic E-state index is 11.7. The molecule has 90 valence electrons. The van der Waals surface area contributed by atoms with Gasteiger partial charge in [0, 0.05) is 12.6 Å². The third kappa shape index (κ3) is 5.14. The molecule has 0 heterocycles. The maximum absolute atomic E-state index is 11.7. The Kier molecular flexibility index (Phi) is 5.83. The Labute approximate surface area is 92.2 Å². The van der Waals surface area contributed by atoms with Crippen LogP contribution in [0.2, 0.25) is 0 Å². The Morgan fingerprint density at radius 3 is 2.33 bits per heavy atom. The van der Waals surface area contributed by atoms with Crippen molar-refractivity contribution in [2.45, 2.75) is 52.6 Å². The molecule has 0 spiro atoms. The molecular formula is C11H24N2O2. The van der Waals surface area contributed by atoms with E-state index in [9.17, 15) is 4.79 Å². The molecule has 0 fully saturated rings. The summed E-state index contributed by atoms with van der Waals surface area (Å²) in [5.74, 6) is -0.136. The van der Waals surface area contributed by atoms with E-state index < -0.39 is 6.04 Å². The van der Waals surface area contributed by atoms with Gasteiger partial charge in [-0.05, 0) is 18.3 Å². The highest BCUT2D eigenvalue weighted by molar-refractivity contribution is 5.82. The third-order valence-corrected chi connectivity index (χ3v) is 2.53. The van der Waals surface area contributed by atoms with Crippen LogP contribution in [0.5, 0.6) is 0 Å². The molecule has 0 saturated carbocycles. The monoisotopic (exact) mass is 216 g/mol. The molecule has 0 radical (unpaired) electrons. The number of aliphatic hydroxyl groups is 1. The number of amides is 1. The fraction of sp³-hybridized carbons (Fsp3) is 0.909. The fourth-order valence-corrected chi connectivity index (χ4v) is 1.22. The first-order valence-corrected chi connectivity index (χ1v) is 5.49.